The van der Waals surface area contributed by atoms with Crippen LogP contribution in [0.1, 0.15) is 49.7 Å². The van der Waals surface area contributed by atoms with Crippen LogP contribution in [0, 0.1) is 0 Å². The molecule has 1 fully saturated rings. The highest BCUT2D eigenvalue weighted by Crippen LogP contribution is 2.31. The zero-order chi connectivity index (χ0) is 17.7. The molecule has 0 bridgehead atoms. The summed E-state index contributed by atoms with van der Waals surface area (Å²) in [7, 11) is 0. The van der Waals surface area contributed by atoms with Crippen LogP contribution >= 0.6 is 0 Å². The van der Waals surface area contributed by atoms with Crippen molar-refractivity contribution in [2.75, 3.05) is 6.54 Å². The first-order valence-electron chi connectivity index (χ1n) is 8.89. The number of benzene rings is 2. The minimum atomic E-state index is -4.31. The second-order valence-electron chi connectivity index (χ2n) is 6.60. The topological polar surface area (TPSA) is 24.4 Å². The van der Waals surface area contributed by atoms with Crippen molar-refractivity contribution in [1.82, 2.24) is 5.32 Å². The Morgan fingerprint density at radius 3 is 2.48 bits per heavy atom. The maximum absolute atomic E-state index is 12.9. The van der Waals surface area contributed by atoms with Gasteiger partial charge < -0.3 is 5.32 Å². The predicted molar refractivity (Wildman–Crippen MR) is 95.8 cm³/mol. The van der Waals surface area contributed by atoms with Crippen LogP contribution in [0.3, 0.4) is 0 Å². The van der Waals surface area contributed by atoms with Gasteiger partial charge in [0.15, 0.2) is 0 Å². The standard InChI is InChI=1S/C20H23F3N2/c21-20(22,23)18-10-9-16-8-7-15(12-17(16)13-18)14-25-19-6-4-2-1-3-5-11-24-19/h7-10,12-13H,1-6,11,14H2,(H,24,25). The molecule has 5 heteroatoms. The van der Waals surface area contributed by atoms with Crippen molar-refractivity contribution in [2.45, 2.75) is 51.2 Å². The minimum Gasteiger partial charge on any atom is -0.374 e. The number of fused-ring (bicyclic) bond motifs is 1. The Morgan fingerprint density at radius 2 is 1.64 bits per heavy atom. The Kier molecular flexibility index (Phi) is 5.61. The predicted octanol–water partition coefficient (Wildman–Crippen LogP) is 5.70. The van der Waals surface area contributed by atoms with Crippen LogP contribution in [-0.2, 0) is 12.7 Å². The molecule has 0 radical (unpaired) electrons. The lowest BCUT2D eigenvalue weighted by molar-refractivity contribution is -0.137. The molecule has 1 heterocycles. The summed E-state index contributed by atoms with van der Waals surface area (Å²) in [6.07, 6.45) is 2.70. The van der Waals surface area contributed by atoms with Crippen LogP contribution in [0.25, 0.3) is 10.8 Å². The Hall–Kier alpha value is -2.04. The first kappa shape index (κ1) is 17.8. The van der Waals surface area contributed by atoms with Crippen molar-refractivity contribution in [3.05, 3.63) is 47.5 Å². The van der Waals surface area contributed by atoms with E-state index >= 15 is 0 Å². The molecule has 0 saturated carbocycles. The van der Waals surface area contributed by atoms with E-state index in [9.17, 15) is 13.2 Å². The number of nitrogens with one attached hydrogen (secondary N) is 1. The first-order valence-corrected chi connectivity index (χ1v) is 8.89. The van der Waals surface area contributed by atoms with Gasteiger partial charge in [0.05, 0.1) is 17.9 Å². The number of aliphatic imine (C=N–C) groups is 1. The number of halogens is 3. The van der Waals surface area contributed by atoms with Crippen LogP contribution in [0.5, 0.6) is 0 Å². The molecule has 0 aromatic heterocycles. The van der Waals surface area contributed by atoms with Gasteiger partial charge in [0, 0.05) is 13.0 Å². The summed E-state index contributed by atoms with van der Waals surface area (Å²) in [5.41, 5.74) is 0.322. The van der Waals surface area contributed by atoms with Gasteiger partial charge in [-0.15, -0.1) is 0 Å². The number of hydrogen-bond acceptors (Lipinski definition) is 1. The zero-order valence-corrected chi connectivity index (χ0v) is 14.2. The van der Waals surface area contributed by atoms with E-state index in [0.717, 1.165) is 48.7 Å². The average Bonchev–Trinajstić information content (AvgIpc) is 2.72. The quantitative estimate of drug-likeness (QED) is 0.739. The molecule has 1 aliphatic heterocycles. The molecule has 1 aliphatic rings. The fourth-order valence-corrected chi connectivity index (χ4v) is 3.16. The van der Waals surface area contributed by atoms with Gasteiger partial charge in [-0.1, -0.05) is 37.5 Å². The maximum Gasteiger partial charge on any atom is 0.416 e. The van der Waals surface area contributed by atoms with Gasteiger partial charge in [-0.3, -0.25) is 4.99 Å². The normalized spacial score (nSPS) is 18.4. The number of nitrogens with zero attached hydrogens (tertiary/aromatic N) is 1. The smallest absolute Gasteiger partial charge is 0.374 e. The van der Waals surface area contributed by atoms with Gasteiger partial charge >= 0.3 is 6.18 Å². The van der Waals surface area contributed by atoms with Crippen LogP contribution < -0.4 is 5.32 Å². The summed E-state index contributed by atoms with van der Waals surface area (Å²) in [6, 6.07) is 9.47. The summed E-state index contributed by atoms with van der Waals surface area (Å²) < 4.78 is 38.6. The Bertz CT molecular complexity index is 738. The van der Waals surface area contributed by atoms with Gasteiger partial charge in [0.2, 0.25) is 0 Å². The van der Waals surface area contributed by atoms with Crippen molar-refractivity contribution >= 4 is 16.6 Å². The lowest BCUT2D eigenvalue weighted by Crippen LogP contribution is -2.24. The van der Waals surface area contributed by atoms with E-state index < -0.39 is 11.7 Å². The molecule has 0 spiro atoms. The largest absolute Gasteiger partial charge is 0.416 e. The van der Waals surface area contributed by atoms with Crippen molar-refractivity contribution < 1.29 is 13.2 Å². The van der Waals surface area contributed by atoms with Gasteiger partial charge in [0.25, 0.3) is 0 Å². The van der Waals surface area contributed by atoms with Crippen LogP contribution in [0.2, 0.25) is 0 Å². The lowest BCUT2D eigenvalue weighted by Gasteiger charge is -2.10. The molecule has 134 valence electrons. The number of alkyl halides is 3. The van der Waals surface area contributed by atoms with E-state index in [0.29, 0.717) is 11.9 Å². The number of hydrogen-bond donors (Lipinski definition) is 1. The average molecular weight is 348 g/mol. The van der Waals surface area contributed by atoms with Crippen LogP contribution in [0.4, 0.5) is 13.2 Å². The minimum absolute atomic E-state index is 0.495. The third kappa shape index (κ3) is 4.97. The Morgan fingerprint density at radius 1 is 0.880 bits per heavy atom. The second kappa shape index (κ2) is 7.89. The molecular formula is C20H23F3N2. The van der Waals surface area contributed by atoms with Crippen molar-refractivity contribution in [3.8, 4) is 0 Å². The molecule has 2 aromatic carbocycles. The monoisotopic (exact) mass is 348 g/mol. The summed E-state index contributed by atoms with van der Waals surface area (Å²) in [4.78, 5) is 4.66. The summed E-state index contributed by atoms with van der Waals surface area (Å²) in [5, 5.41) is 4.82. The number of rotatable bonds is 2. The molecule has 0 amide bonds. The van der Waals surface area contributed by atoms with Crippen molar-refractivity contribution in [3.63, 3.8) is 0 Å². The maximum atomic E-state index is 12.9. The van der Waals surface area contributed by atoms with Crippen molar-refractivity contribution in [1.29, 1.82) is 0 Å². The van der Waals surface area contributed by atoms with Crippen molar-refractivity contribution in [2.24, 2.45) is 4.99 Å². The zero-order valence-electron chi connectivity index (χ0n) is 14.2. The van der Waals surface area contributed by atoms with E-state index in [1.807, 2.05) is 18.2 Å². The van der Waals surface area contributed by atoms with Gasteiger partial charge in [0.1, 0.15) is 0 Å². The third-order valence-electron chi connectivity index (χ3n) is 4.60. The van der Waals surface area contributed by atoms with E-state index in [1.54, 1.807) is 0 Å². The highest BCUT2D eigenvalue weighted by atomic mass is 19.4. The summed E-state index contributed by atoms with van der Waals surface area (Å²) >= 11 is 0. The Balaban J connectivity index is 1.77. The molecule has 3 rings (SSSR count). The highest BCUT2D eigenvalue weighted by molar-refractivity contribution is 5.84. The van der Waals surface area contributed by atoms with Gasteiger partial charge in [-0.2, -0.15) is 13.2 Å². The molecule has 1 saturated heterocycles. The third-order valence-corrected chi connectivity index (χ3v) is 4.60. The first-order chi connectivity index (χ1) is 12.0. The summed E-state index contributed by atoms with van der Waals surface area (Å²) in [5.74, 6) is 1.02. The molecule has 2 nitrogen and oxygen atoms in total. The van der Waals surface area contributed by atoms with E-state index in [4.69, 9.17) is 0 Å². The molecule has 0 aliphatic carbocycles. The molecule has 1 N–H and O–H groups in total. The second-order valence-corrected chi connectivity index (χ2v) is 6.60. The fraction of sp³-hybridized carbons (Fsp3) is 0.450. The summed E-state index contributed by atoms with van der Waals surface area (Å²) in [6.45, 7) is 1.44. The van der Waals surface area contributed by atoms with Gasteiger partial charge in [-0.25, -0.2) is 0 Å². The molecule has 25 heavy (non-hydrogen) atoms. The van der Waals surface area contributed by atoms with E-state index in [-0.39, 0.29) is 0 Å². The molecule has 0 unspecified atom stereocenters. The Labute approximate surface area is 146 Å². The number of amidine groups is 1. The van der Waals surface area contributed by atoms with Crippen LogP contribution in [0.15, 0.2) is 41.4 Å². The van der Waals surface area contributed by atoms with Gasteiger partial charge in [-0.05, 0) is 47.4 Å². The molecule has 0 atom stereocenters. The van der Waals surface area contributed by atoms with Crippen LogP contribution in [-0.4, -0.2) is 12.4 Å². The van der Waals surface area contributed by atoms with E-state index in [1.165, 1.54) is 31.4 Å². The molecule has 2 aromatic rings. The lowest BCUT2D eigenvalue weighted by atomic mass is 10.0. The SMILES string of the molecule is FC(F)(F)c1ccc2ccc(CN=C3CCCCCCCN3)cc2c1. The van der Waals surface area contributed by atoms with E-state index in [2.05, 4.69) is 10.3 Å². The fourth-order valence-electron chi connectivity index (χ4n) is 3.16. The highest BCUT2D eigenvalue weighted by Gasteiger charge is 2.30. The molecular weight excluding hydrogens is 325 g/mol.